The molecule has 0 radical (unpaired) electrons. The molecule has 2 rings (SSSR count). The first kappa shape index (κ1) is 11.1. The van der Waals surface area contributed by atoms with E-state index in [1.165, 1.54) is 0 Å². The second kappa shape index (κ2) is 4.61. The van der Waals surface area contributed by atoms with Crippen LogP contribution in [-0.2, 0) is 4.79 Å². The third-order valence-electron chi connectivity index (χ3n) is 2.79. The van der Waals surface area contributed by atoms with Gasteiger partial charge in [0, 0.05) is 19.4 Å². The van der Waals surface area contributed by atoms with Crippen LogP contribution in [0.2, 0.25) is 0 Å². The van der Waals surface area contributed by atoms with Gasteiger partial charge in [0.25, 0.3) is 0 Å². The summed E-state index contributed by atoms with van der Waals surface area (Å²) < 4.78 is 4.96. The first-order valence-electron chi connectivity index (χ1n) is 5.46. The summed E-state index contributed by atoms with van der Waals surface area (Å²) in [5.41, 5.74) is 5.18. The Kier molecular flexibility index (Phi) is 3.19. The lowest BCUT2D eigenvalue weighted by atomic mass is 9.97. The number of nitrogens with zero attached hydrogens (tertiary/aromatic N) is 3. The molecule has 1 fully saturated rings. The van der Waals surface area contributed by atoms with Gasteiger partial charge in [-0.2, -0.15) is 4.98 Å². The van der Waals surface area contributed by atoms with Gasteiger partial charge in [0.2, 0.25) is 11.8 Å². The quantitative estimate of drug-likeness (QED) is 0.783. The van der Waals surface area contributed by atoms with Crippen molar-refractivity contribution in [2.45, 2.75) is 25.7 Å². The molecule has 1 amide bonds. The molecule has 0 aliphatic carbocycles. The zero-order valence-corrected chi connectivity index (χ0v) is 9.35. The van der Waals surface area contributed by atoms with E-state index in [0.717, 1.165) is 31.8 Å². The average molecular weight is 224 g/mol. The van der Waals surface area contributed by atoms with Crippen molar-refractivity contribution in [2.75, 3.05) is 19.6 Å². The van der Waals surface area contributed by atoms with E-state index in [4.69, 9.17) is 10.3 Å². The predicted molar refractivity (Wildman–Crippen MR) is 56.6 cm³/mol. The smallest absolute Gasteiger partial charge is 0.231 e. The molecule has 0 spiro atoms. The number of aryl methyl sites for hydroxylation is 1. The van der Waals surface area contributed by atoms with Gasteiger partial charge >= 0.3 is 0 Å². The van der Waals surface area contributed by atoms with Crippen molar-refractivity contribution in [1.82, 2.24) is 15.0 Å². The molecule has 0 aromatic carbocycles. The normalized spacial score (nSPS) is 22.2. The maximum Gasteiger partial charge on any atom is 0.231 e. The van der Waals surface area contributed by atoms with E-state index in [1.54, 1.807) is 6.92 Å². The Morgan fingerprint density at radius 2 is 2.50 bits per heavy atom. The molecule has 16 heavy (non-hydrogen) atoms. The summed E-state index contributed by atoms with van der Waals surface area (Å²) in [6.45, 7) is 3.78. The second-order valence-corrected chi connectivity index (χ2v) is 4.21. The van der Waals surface area contributed by atoms with E-state index < -0.39 is 0 Å². The van der Waals surface area contributed by atoms with E-state index in [-0.39, 0.29) is 11.8 Å². The number of likely N-dealkylation sites (tertiary alicyclic amines) is 1. The van der Waals surface area contributed by atoms with Gasteiger partial charge in [-0.05, 0) is 19.4 Å². The van der Waals surface area contributed by atoms with Gasteiger partial charge in [-0.3, -0.25) is 9.69 Å². The van der Waals surface area contributed by atoms with Gasteiger partial charge in [0.05, 0.1) is 6.54 Å². The molecule has 1 aliphatic rings. The first-order chi connectivity index (χ1) is 7.65. The minimum absolute atomic E-state index is 0.255. The molecule has 1 atom stereocenters. The number of hydrogen-bond donors (Lipinski definition) is 1. The maximum atomic E-state index is 10.8. The molecule has 0 saturated carbocycles. The van der Waals surface area contributed by atoms with Crippen LogP contribution in [0.5, 0.6) is 0 Å². The van der Waals surface area contributed by atoms with Crippen molar-refractivity contribution in [1.29, 1.82) is 0 Å². The lowest BCUT2D eigenvalue weighted by Gasteiger charge is -2.29. The lowest BCUT2D eigenvalue weighted by Crippen LogP contribution is -2.40. The molecule has 2 heterocycles. The average Bonchev–Trinajstić information content (AvgIpc) is 2.64. The summed E-state index contributed by atoms with van der Waals surface area (Å²) >= 11 is 0. The zero-order chi connectivity index (χ0) is 11.5. The van der Waals surface area contributed by atoms with Crippen molar-refractivity contribution < 1.29 is 9.32 Å². The zero-order valence-electron chi connectivity index (χ0n) is 9.35. The number of amides is 1. The summed E-state index contributed by atoms with van der Waals surface area (Å²) in [6, 6.07) is 0. The van der Waals surface area contributed by atoms with Crippen LogP contribution in [0.4, 0.5) is 0 Å². The Morgan fingerprint density at radius 3 is 3.12 bits per heavy atom. The van der Waals surface area contributed by atoms with Crippen LogP contribution in [0.3, 0.4) is 0 Å². The van der Waals surface area contributed by atoms with Crippen molar-refractivity contribution in [3.8, 4) is 0 Å². The Labute approximate surface area is 93.8 Å². The highest BCUT2D eigenvalue weighted by atomic mass is 16.5. The number of nitrogens with two attached hydrogens (primary N) is 1. The molecule has 6 nitrogen and oxygen atoms in total. The standard InChI is InChI=1S/C10H16N4O2/c1-7-12-10(13-16-7)8-3-2-4-14(5-8)6-9(11)15/h8H,2-6H2,1H3,(H2,11,15)/t8-/m0/s1. The number of carbonyl (C=O) groups is 1. The number of rotatable bonds is 3. The van der Waals surface area contributed by atoms with Crippen molar-refractivity contribution in [2.24, 2.45) is 5.73 Å². The van der Waals surface area contributed by atoms with Crippen LogP contribution >= 0.6 is 0 Å². The highest BCUT2D eigenvalue weighted by Gasteiger charge is 2.25. The van der Waals surface area contributed by atoms with Gasteiger partial charge < -0.3 is 10.3 Å². The van der Waals surface area contributed by atoms with Gasteiger partial charge in [-0.1, -0.05) is 5.16 Å². The Hall–Kier alpha value is -1.43. The molecule has 0 bridgehead atoms. The number of hydrogen-bond acceptors (Lipinski definition) is 5. The summed E-state index contributed by atoms with van der Waals surface area (Å²) in [5, 5.41) is 3.92. The van der Waals surface area contributed by atoms with E-state index in [0.29, 0.717) is 12.4 Å². The molecular formula is C10H16N4O2. The fourth-order valence-corrected chi connectivity index (χ4v) is 2.11. The molecule has 1 saturated heterocycles. The van der Waals surface area contributed by atoms with Crippen LogP contribution in [0, 0.1) is 6.92 Å². The molecular weight excluding hydrogens is 208 g/mol. The van der Waals surface area contributed by atoms with Crippen LogP contribution in [-0.4, -0.2) is 40.6 Å². The van der Waals surface area contributed by atoms with Crippen molar-refractivity contribution in [3.63, 3.8) is 0 Å². The fourth-order valence-electron chi connectivity index (χ4n) is 2.11. The Morgan fingerprint density at radius 1 is 1.69 bits per heavy atom. The van der Waals surface area contributed by atoms with E-state index in [2.05, 4.69) is 10.1 Å². The minimum Gasteiger partial charge on any atom is -0.369 e. The molecule has 0 unspecified atom stereocenters. The Bertz CT molecular complexity index is 377. The molecule has 1 aromatic rings. The minimum atomic E-state index is -0.287. The van der Waals surface area contributed by atoms with Crippen LogP contribution in [0.25, 0.3) is 0 Å². The van der Waals surface area contributed by atoms with E-state index >= 15 is 0 Å². The fraction of sp³-hybridized carbons (Fsp3) is 0.700. The van der Waals surface area contributed by atoms with E-state index in [1.807, 2.05) is 4.90 Å². The van der Waals surface area contributed by atoms with Crippen molar-refractivity contribution in [3.05, 3.63) is 11.7 Å². The first-order valence-corrected chi connectivity index (χ1v) is 5.46. The summed E-state index contributed by atoms with van der Waals surface area (Å²) in [4.78, 5) is 17.1. The van der Waals surface area contributed by atoms with Crippen LogP contribution < -0.4 is 5.73 Å². The largest absolute Gasteiger partial charge is 0.369 e. The molecule has 6 heteroatoms. The van der Waals surface area contributed by atoms with Gasteiger partial charge in [-0.25, -0.2) is 0 Å². The molecule has 88 valence electrons. The van der Waals surface area contributed by atoms with Crippen LogP contribution in [0.15, 0.2) is 4.52 Å². The summed E-state index contributed by atoms with van der Waals surface area (Å²) in [5.74, 6) is 1.30. The summed E-state index contributed by atoms with van der Waals surface area (Å²) in [6.07, 6.45) is 2.07. The van der Waals surface area contributed by atoms with Crippen molar-refractivity contribution >= 4 is 5.91 Å². The highest BCUT2D eigenvalue weighted by Crippen LogP contribution is 2.24. The maximum absolute atomic E-state index is 10.8. The SMILES string of the molecule is Cc1nc([C@H]2CCCN(CC(N)=O)C2)no1. The summed E-state index contributed by atoms with van der Waals surface area (Å²) in [7, 11) is 0. The van der Waals surface area contributed by atoms with Crippen LogP contribution in [0.1, 0.15) is 30.5 Å². The van der Waals surface area contributed by atoms with Gasteiger partial charge in [-0.15, -0.1) is 0 Å². The number of piperidine rings is 1. The predicted octanol–water partition coefficient (Wildman–Crippen LogP) is 0.0427. The molecule has 2 N–H and O–H groups in total. The second-order valence-electron chi connectivity index (χ2n) is 4.21. The number of primary amides is 1. The lowest BCUT2D eigenvalue weighted by molar-refractivity contribution is -0.119. The van der Waals surface area contributed by atoms with Gasteiger partial charge in [0.1, 0.15) is 0 Å². The van der Waals surface area contributed by atoms with E-state index in [9.17, 15) is 4.79 Å². The Balaban J connectivity index is 1.99. The number of aromatic nitrogens is 2. The third-order valence-corrected chi connectivity index (χ3v) is 2.79. The topological polar surface area (TPSA) is 85.3 Å². The molecule has 1 aliphatic heterocycles. The third kappa shape index (κ3) is 2.57. The monoisotopic (exact) mass is 224 g/mol. The molecule has 1 aromatic heterocycles. The van der Waals surface area contributed by atoms with Gasteiger partial charge in [0.15, 0.2) is 5.82 Å². The number of carbonyl (C=O) groups excluding carboxylic acids is 1. The highest BCUT2D eigenvalue weighted by molar-refractivity contribution is 5.75.